The van der Waals surface area contributed by atoms with Crippen molar-refractivity contribution >= 4 is 11.8 Å². The van der Waals surface area contributed by atoms with E-state index in [0.717, 1.165) is 70.5 Å². The quantitative estimate of drug-likeness (QED) is 0.739. The number of benzene rings is 1. The lowest BCUT2D eigenvalue weighted by molar-refractivity contribution is -0.132. The number of likely N-dealkylation sites (tertiary alicyclic amines) is 3. The first-order chi connectivity index (χ1) is 15.5. The molecule has 0 saturated carbocycles. The predicted octanol–water partition coefficient (Wildman–Crippen LogP) is 2.60. The highest BCUT2D eigenvalue weighted by Gasteiger charge is 2.51. The number of carbonyl (C=O) groups excluding carboxylic acids is 2. The van der Waals surface area contributed by atoms with E-state index in [1.165, 1.54) is 0 Å². The van der Waals surface area contributed by atoms with Gasteiger partial charge in [-0.1, -0.05) is 37.3 Å². The van der Waals surface area contributed by atoms with Crippen LogP contribution in [0.1, 0.15) is 44.6 Å². The zero-order valence-electron chi connectivity index (χ0n) is 19.9. The summed E-state index contributed by atoms with van der Waals surface area (Å²) in [5.41, 5.74) is 1.04. The molecule has 3 aliphatic rings. The van der Waals surface area contributed by atoms with E-state index < -0.39 is 0 Å². The maximum atomic E-state index is 13.3. The largest absolute Gasteiger partial charge is 0.352 e. The highest BCUT2D eigenvalue weighted by molar-refractivity contribution is 5.83. The molecule has 176 valence electrons. The van der Waals surface area contributed by atoms with E-state index in [-0.39, 0.29) is 23.1 Å². The molecule has 1 spiro atoms. The Morgan fingerprint density at radius 2 is 1.75 bits per heavy atom. The zero-order valence-corrected chi connectivity index (χ0v) is 19.9. The summed E-state index contributed by atoms with van der Waals surface area (Å²) in [6.07, 6.45) is 4.86. The molecule has 3 fully saturated rings. The molecule has 1 atom stereocenters. The summed E-state index contributed by atoms with van der Waals surface area (Å²) in [5.74, 6) is 0.761. The van der Waals surface area contributed by atoms with Gasteiger partial charge in [0.2, 0.25) is 11.8 Å². The van der Waals surface area contributed by atoms with Crippen LogP contribution in [-0.4, -0.2) is 79.4 Å². The van der Waals surface area contributed by atoms with Gasteiger partial charge in [0.25, 0.3) is 0 Å². The fourth-order valence-corrected chi connectivity index (χ4v) is 5.88. The summed E-state index contributed by atoms with van der Waals surface area (Å²) >= 11 is 0. The highest BCUT2D eigenvalue weighted by atomic mass is 16.2. The zero-order chi connectivity index (χ0) is 22.6. The molecule has 3 aliphatic heterocycles. The fraction of sp³-hybridized carbons (Fsp3) is 0.692. The highest BCUT2D eigenvalue weighted by Crippen LogP contribution is 2.45. The minimum absolute atomic E-state index is 0.0749. The molecule has 6 nitrogen and oxygen atoms in total. The molecular weight excluding hydrogens is 400 g/mol. The number of nitrogens with one attached hydrogen (secondary N) is 1. The Labute approximate surface area is 193 Å². The van der Waals surface area contributed by atoms with Crippen molar-refractivity contribution in [3.8, 4) is 0 Å². The molecule has 0 bridgehead atoms. The lowest BCUT2D eigenvalue weighted by Gasteiger charge is -2.40. The molecule has 1 N–H and O–H groups in total. The molecule has 0 radical (unpaired) electrons. The number of hydrogen-bond acceptors (Lipinski definition) is 4. The molecule has 1 aromatic carbocycles. The average Bonchev–Trinajstić information content (AvgIpc) is 3.20. The second kappa shape index (κ2) is 10.3. The number of carbonyl (C=O) groups is 2. The Bertz CT molecular complexity index is 767. The molecule has 4 rings (SSSR count). The summed E-state index contributed by atoms with van der Waals surface area (Å²) in [7, 11) is 2.15. The lowest BCUT2D eigenvalue weighted by atomic mass is 9.70. The first kappa shape index (κ1) is 23.2. The van der Waals surface area contributed by atoms with Gasteiger partial charge in [-0.15, -0.1) is 0 Å². The van der Waals surface area contributed by atoms with Gasteiger partial charge in [-0.3, -0.25) is 9.59 Å². The van der Waals surface area contributed by atoms with Gasteiger partial charge >= 0.3 is 0 Å². The van der Waals surface area contributed by atoms with E-state index in [4.69, 9.17) is 0 Å². The van der Waals surface area contributed by atoms with Gasteiger partial charge in [-0.2, -0.15) is 0 Å². The van der Waals surface area contributed by atoms with Crippen molar-refractivity contribution in [2.24, 2.45) is 17.3 Å². The molecule has 0 aromatic heterocycles. The van der Waals surface area contributed by atoms with Crippen LogP contribution in [0.3, 0.4) is 0 Å². The number of nitrogens with zero attached hydrogens (tertiary/aromatic N) is 3. The number of rotatable bonds is 6. The average molecular weight is 441 g/mol. The first-order valence-electron chi connectivity index (χ1n) is 12.5. The standard InChI is InChI=1S/C26H40N4O2/c1-3-29-13-9-21(10-14-29)17-24(31)30-19-23(26(20-30)11-15-28(2)16-12-26)25(32)27-18-22-7-5-4-6-8-22/h4-8,21,23H,3,9-20H2,1-2H3,(H,27,32). The first-order valence-corrected chi connectivity index (χ1v) is 12.5. The van der Waals surface area contributed by atoms with Crippen LogP contribution in [-0.2, 0) is 16.1 Å². The van der Waals surface area contributed by atoms with E-state index >= 15 is 0 Å². The maximum absolute atomic E-state index is 13.3. The van der Waals surface area contributed by atoms with Crippen LogP contribution in [0.25, 0.3) is 0 Å². The van der Waals surface area contributed by atoms with Crippen LogP contribution in [0.15, 0.2) is 30.3 Å². The van der Waals surface area contributed by atoms with Crippen LogP contribution >= 0.6 is 0 Å². The van der Waals surface area contributed by atoms with E-state index in [1.54, 1.807) is 0 Å². The minimum Gasteiger partial charge on any atom is -0.352 e. The van der Waals surface area contributed by atoms with Crippen LogP contribution in [0.4, 0.5) is 0 Å². The third-order valence-electron chi connectivity index (χ3n) is 8.23. The Balaban J connectivity index is 1.39. The van der Waals surface area contributed by atoms with E-state index in [9.17, 15) is 9.59 Å². The van der Waals surface area contributed by atoms with Gasteiger partial charge in [0.1, 0.15) is 0 Å². The predicted molar refractivity (Wildman–Crippen MR) is 127 cm³/mol. The molecule has 1 aromatic rings. The normalized spacial score (nSPS) is 24.7. The molecule has 1 unspecified atom stereocenters. The van der Waals surface area contributed by atoms with Crippen molar-refractivity contribution in [2.45, 2.75) is 45.6 Å². The Kier molecular flexibility index (Phi) is 7.51. The van der Waals surface area contributed by atoms with E-state index in [0.29, 0.717) is 25.4 Å². The summed E-state index contributed by atoms with van der Waals surface area (Å²) < 4.78 is 0. The molecule has 6 heteroatoms. The monoisotopic (exact) mass is 440 g/mol. The van der Waals surface area contributed by atoms with Crippen molar-refractivity contribution in [1.29, 1.82) is 0 Å². The van der Waals surface area contributed by atoms with Crippen molar-refractivity contribution in [2.75, 3.05) is 52.9 Å². The fourth-order valence-electron chi connectivity index (χ4n) is 5.88. The molecule has 32 heavy (non-hydrogen) atoms. The second-order valence-electron chi connectivity index (χ2n) is 10.3. The van der Waals surface area contributed by atoms with Gasteiger partial charge < -0.3 is 20.0 Å². The molecular formula is C26H40N4O2. The van der Waals surface area contributed by atoms with Crippen molar-refractivity contribution in [3.63, 3.8) is 0 Å². The maximum Gasteiger partial charge on any atom is 0.225 e. The topological polar surface area (TPSA) is 55.9 Å². The third-order valence-corrected chi connectivity index (χ3v) is 8.23. The SMILES string of the molecule is CCN1CCC(CC(=O)N2CC(C(=O)NCc3ccccc3)C3(CCN(C)CC3)C2)CC1. The third kappa shape index (κ3) is 5.34. The number of piperidine rings is 2. The number of amides is 2. The number of hydrogen-bond donors (Lipinski definition) is 1. The van der Waals surface area contributed by atoms with Gasteiger partial charge in [0, 0.05) is 31.5 Å². The van der Waals surface area contributed by atoms with Crippen LogP contribution < -0.4 is 5.32 Å². The van der Waals surface area contributed by atoms with Crippen molar-refractivity contribution in [3.05, 3.63) is 35.9 Å². The molecule has 3 saturated heterocycles. The Morgan fingerprint density at radius 1 is 1.06 bits per heavy atom. The van der Waals surface area contributed by atoms with E-state index in [2.05, 4.69) is 29.1 Å². The van der Waals surface area contributed by atoms with Crippen molar-refractivity contribution < 1.29 is 9.59 Å². The smallest absolute Gasteiger partial charge is 0.225 e. The van der Waals surface area contributed by atoms with Crippen LogP contribution in [0, 0.1) is 17.3 Å². The molecule has 2 amide bonds. The molecule has 3 heterocycles. The summed E-state index contributed by atoms with van der Waals surface area (Å²) in [5, 5.41) is 3.18. The Hall–Kier alpha value is -1.92. The van der Waals surface area contributed by atoms with Gasteiger partial charge in [-0.25, -0.2) is 0 Å². The summed E-state index contributed by atoms with van der Waals surface area (Å²) in [4.78, 5) is 33.5. The second-order valence-corrected chi connectivity index (χ2v) is 10.3. The lowest BCUT2D eigenvalue weighted by Crippen LogP contribution is -2.47. The summed E-state index contributed by atoms with van der Waals surface area (Å²) in [6.45, 7) is 9.40. The van der Waals surface area contributed by atoms with Crippen LogP contribution in [0.2, 0.25) is 0 Å². The minimum atomic E-state index is -0.106. The Morgan fingerprint density at radius 3 is 2.41 bits per heavy atom. The van der Waals surface area contributed by atoms with E-state index in [1.807, 2.05) is 35.2 Å². The molecule has 0 aliphatic carbocycles. The van der Waals surface area contributed by atoms with Gasteiger partial charge in [0.05, 0.1) is 5.92 Å². The van der Waals surface area contributed by atoms with Crippen molar-refractivity contribution in [1.82, 2.24) is 20.0 Å². The van der Waals surface area contributed by atoms with Crippen LogP contribution in [0.5, 0.6) is 0 Å². The van der Waals surface area contributed by atoms with Gasteiger partial charge in [0.15, 0.2) is 0 Å². The van der Waals surface area contributed by atoms with Gasteiger partial charge in [-0.05, 0) is 76.9 Å². The summed E-state index contributed by atoms with van der Waals surface area (Å²) in [6, 6.07) is 10.1.